The summed E-state index contributed by atoms with van der Waals surface area (Å²) in [4.78, 5) is 28.0. The quantitative estimate of drug-likeness (QED) is 0.680. The lowest BCUT2D eigenvalue weighted by Gasteiger charge is -2.38. The molecule has 1 N–H and O–H groups in total. The highest BCUT2D eigenvalue weighted by molar-refractivity contribution is 5.90. The summed E-state index contributed by atoms with van der Waals surface area (Å²) in [6.07, 6.45) is 9.28. The number of rotatable bonds is 5. The number of piperidine rings is 1. The van der Waals surface area contributed by atoms with E-state index in [4.69, 9.17) is 0 Å². The molecule has 0 aromatic carbocycles. The van der Waals surface area contributed by atoms with Gasteiger partial charge in [-0.1, -0.05) is 13.8 Å². The number of nitrogens with one attached hydrogen (secondary N) is 1. The van der Waals surface area contributed by atoms with Gasteiger partial charge in [-0.25, -0.2) is 4.68 Å². The van der Waals surface area contributed by atoms with Crippen LogP contribution in [-0.2, 0) is 11.3 Å². The van der Waals surface area contributed by atoms with Crippen molar-refractivity contribution in [2.24, 2.45) is 0 Å². The summed E-state index contributed by atoms with van der Waals surface area (Å²) in [5.41, 5.74) is 2.91. The van der Waals surface area contributed by atoms with E-state index < -0.39 is 0 Å². The Labute approximate surface area is 180 Å². The first kappa shape index (κ1) is 19.7. The van der Waals surface area contributed by atoms with E-state index in [0.717, 1.165) is 11.4 Å². The van der Waals surface area contributed by atoms with Crippen molar-refractivity contribution in [3.05, 3.63) is 46.8 Å². The lowest BCUT2D eigenvalue weighted by molar-refractivity contribution is -0.117. The normalized spacial score (nSPS) is 20.5. The standard InChI is InChI=1S/C22H27N7O2/c1-14(2)22-18(29-16-4-3-5-17(29)8-7-16)10-21(31)28(26-22)12-20(30)24-15-6-9-19-25-23-13-27(19)11-15/h6,9-11,13-14,16-17H,3-5,7-8,12H2,1-2H3,(H,24,30). The van der Waals surface area contributed by atoms with Crippen LogP contribution in [0.4, 0.5) is 11.4 Å². The van der Waals surface area contributed by atoms with E-state index in [0.29, 0.717) is 23.4 Å². The van der Waals surface area contributed by atoms with E-state index in [1.54, 1.807) is 35.1 Å². The smallest absolute Gasteiger partial charge is 0.269 e. The predicted octanol–water partition coefficient (Wildman–Crippen LogP) is 2.57. The second-order valence-corrected chi connectivity index (χ2v) is 8.85. The zero-order valence-electron chi connectivity index (χ0n) is 17.9. The summed E-state index contributed by atoms with van der Waals surface area (Å²) >= 11 is 0. The Hall–Kier alpha value is -3.23. The third kappa shape index (κ3) is 3.68. The van der Waals surface area contributed by atoms with Gasteiger partial charge in [-0.15, -0.1) is 10.2 Å². The number of hydrogen-bond acceptors (Lipinski definition) is 6. The summed E-state index contributed by atoms with van der Waals surface area (Å²) in [6.45, 7) is 4.04. The monoisotopic (exact) mass is 421 g/mol. The molecule has 0 saturated carbocycles. The molecule has 3 aromatic rings. The molecule has 5 rings (SSSR count). The zero-order valence-corrected chi connectivity index (χ0v) is 17.9. The van der Waals surface area contributed by atoms with Gasteiger partial charge in [-0.3, -0.25) is 14.0 Å². The SMILES string of the molecule is CC(C)c1nn(CC(=O)Nc2ccc3nncn3c2)c(=O)cc1N1C2CCCC1CC2. The summed E-state index contributed by atoms with van der Waals surface area (Å²) in [7, 11) is 0. The molecule has 2 aliphatic rings. The maximum absolute atomic E-state index is 12.9. The van der Waals surface area contributed by atoms with E-state index >= 15 is 0 Å². The molecule has 2 aliphatic heterocycles. The molecule has 162 valence electrons. The van der Waals surface area contributed by atoms with Crippen LogP contribution in [0, 0.1) is 0 Å². The van der Waals surface area contributed by atoms with Gasteiger partial charge in [0.2, 0.25) is 5.91 Å². The molecule has 2 bridgehead atoms. The minimum atomic E-state index is -0.303. The van der Waals surface area contributed by atoms with Crippen LogP contribution >= 0.6 is 0 Å². The molecule has 2 saturated heterocycles. The average molecular weight is 422 g/mol. The minimum absolute atomic E-state index is 0.133. The third-order valence-electron chi connectivity index (χ3n) is 6.39. The van der Waals surface area contributed by atoms with Crippen molar-refractivity contribution in [1.82, 2.24) is 24.4 Å². The molecule has 5 heterocycles. The number of fused-ring (bicyclic) bond motifs is 3. The summed E-state index contributed by atoms with van der Waals surface area (Å²) in [6, 6.07) is 6.22. The van der Waals surface area contributed by atoms with Crippen LogP contribution < -0.4 is 15.8 Å². The average Bonchev–Trinajstić information content (AvgIpc) is 3.29. The van der Waals surface area contributed by atoms with E-state index in [-0.39, 0.29) is 23.9 Å². The highest BCUT2D eigenvalue weighted by Crippen LogP contribution is 2.40. The number of amides is 1. The molecular formula is C22H27N7O2. The second-order valence-electron chi connectivity index (χ2n) is 8.85. The molecule has 9 heteroatoms. The van der Waals surface area contributed by atoms with Gasteiger partial charge in [0, 0.05) is 24.3 Å². The lowest BCUT2D eigenvalue weighted by Crippen LogP contribution is -2.42. The second kappa shape index (κ2) is 7.79. The fourth-order valence-electron chi connectivity index (χ4n) is 4.98. The first-order chi connectivity index (χ1) is 15.0. The van der Waals surface area contributed by atoms with Crippen molar-refractivity contribution in [3.63, 3.8) is 0 Å². The molecule has 0 spiro atoms. The van der Waals surface area contributed by atoms with Gasteiger partial charge in [0.15, 0.2) is 5.65 Å². The highest BCUT2D eigenvalue weighted by atomic mass is 16.2. The van der Waals surface area contributed by atoms with Crippen LogP contribution in [0.1, 0.15) is 57.6 Å². The van der Waals surface area contributed by atoms with Gasteiger partial charge in [0.05, 0.1) is 17.1 Å². The topological polar surface area (TPSA) is 97.4 Å². The largest absolute Gasteiger partial charge is 0.364 e. The third-order valence-corrected chi connectivity index (χ3v) is 6.39. The number of anilines is 2. The number of aromatic nitrogens is 5. The minimum Gasteiger partial charge on any atom is -0.364 e. The van der Waals surface area contributed by atoms with E-state index in [1.807, 2.05) is 0 Å². The number of carbonyl (C=O) groups is 1. The van der Waals surface area contributed by atoms with Gasteiger partial charge in [-0.2, -0.15) is 5.10 Å². The van der Waals surface area contributed by atoms with Gasteiger partial charge >= 0.3 is 0 Å². The fraction of sp³-hybridized carbons (Fsp3) is 0.500. The Morgan fingerprint density at radius 2 is 1.97 bits per heavy atom. The molecule has 1 amide bonds. The molecule has 0 aliphatic carbocycles. The van der Waals surface area contributed by atoms with E-state index in [9.17, 15) is 9.59 Å². The fourth-order valence-corrected chi connectivity index (χ4v) is 4.98. The van der Waals surface area contributed by atoms with E-state index in [2.05, 4.69) is 39.4 Å². The molecule has 0 radical (unpaired) electrons. The highest BCUT2D eigenvalue weighted by Gasteiger charge is 2.38. The van der Waals surface area contributed by atoms with Crippen molar-refractivity contribution < 1.29 is 4.79 Å². The van der Waals surface area contributed by atoms with Crippen LogP contribution in [0.3, 0.4) is 0 Å². The summed E-state index contributed by atoms with van der Waals surface area (Å²) in [5.74, 6) is -0.148. The van der Waals surface area contributed by atoms with Crippen LogP contribution in [0.25, 0.3) is 5.65 Å². The maximum Gasteiger partial charge on any atom is 0.269 e. The molecule has 2 unspecified atom stereocenters. The zero-order chi connectivity index (χ0) is 21.5. The Morgan fingerprint density at radius 3 is 2.71 bits per heavy atom. The van der Waals surface area contributed by atoms with Crippen LogP contribution in [0.2, 0.25) is 0 Å². The molecule has 9 nitrogen and oxygen atoms in total. The van der Waals surface area contributed by atoms with Crippen LogP contribution in [0.5, 0.6) is 0 Å². The van der Waals surface area contributed by atoms with Crippen molar-refractivity contribution in [2.75, 3.05) is 10.2 Å². The van der Waals surface area contributed by atoms with Gasteiger partial charge in [0.1, 0.15) is 12.9 Å². The van der Waals surface area contributed by atoms with Crippen molar-refractivity contribution in [3.8, 4) is 0 Å². The molecular weight excluding hydrogens is 394 g/mol. The summed E-state index contributed by atoms with van der Waals surface area (Å²) in [5, 5.41) is 15.2. The van der Waals surface area contributed by atoms with Gasteiger partial charge in [0.25, 0.3) is 5.56 Å². The van der Waals surface area contributed by atoms with Crippen LogP contribution in [0.15, 0.2) is 35.5 Å². The Morgan fingerprint density at radius 1 is 1.19 bits per heavy atom. The maximum atomic E-state index is 12.9. The number of carbonyl (C=O) groups excluding carboxylic acids is 1. The van der Waals surface area contributed by atoms with Gasteiger partial charge < -0.3 is 10.2 Å². The van der Waals surface area contributed by atoms with E-state index in [1.165, 1.54) is 36.8 Å². The number of nitrogens with zero attached hydrogens (tertiary/aromatic N) is 6. The Bertz CT molecular complexity index is 1170. The van der Waals surface area contributed by atoms with Crippen molar-refractivity contribution in [1.29, 1.82) is 0 Å². The first-order valence-corrected chi connectivity index (χ1v) is 11.0. The predicted molar refractivity (Wildman–Crippen MR) is 117 cm³/mol. The number of pyridine rings is 1. The first-order valence-electron chi connectivity index (χ1n) is 11.0. The lowest BCUT2D eigenvalue weighted by atomic mass is 9.99. The van der Waals surface area contributed by atoms with Crippen molar-refractivity contribution >= 4 is 22.9 Å². The van der Waals surface area contributed by atoms with Crippen LogP contribution in [-0.4, -0.2) is 42.4 Å². The Kier molecular flexibility index (Phi) is 4.95. The van der Waals surface area contributed by atoms with Crippen molar-refractivity contribution in [2.45, 2.75) is 70.5 Å². The summed E-state index contributed by atoms with van der Waals surface area (Å²) < 4.78 is 3.00. The molecule has 2 atom stereocenters. The molecule has 2 fully saturated rings. The molecule has 3 aromatic heterocycles. The Balaban J connectivity index is 1.39. The molecule has 31 heavy (non-hydrogen) atoms. The number of hydrogen-bond donors (Lipinski definition) is 1. The van der Waals surface area contributed by atoms with Gasteiger partial charge in [-0.05, 0) is 50.2 Å².